The van der Waals surface area contributed by atoms with Crippen molar-refractivity contribution < 1.29 is 28.8 Å². The molecule has 158 valence electrons. The third-order valence-corrected chi connectivity index (χ3v) is 6.07. The molecule has 2 N–H and O–H groups in total. The minimum atomic E-state index is -1.47. The highest BCUT2D eigenvalue weighted by Crippen LogP contribution is 2.40. The zero-order chi connectivity index (χ0) is 20.8. The van der Waals surface area contributed by atoms with Crippen LogP contribution >= 0.6 is 0 Å². The molecule has 2 aromatic rings. The van der Waals surface area contributed by atoms with Crippen LogP contribution in [0.5, 0.6) is 0 Å². The molecule has 0 spiro atoms. The summed E-state index contributed by atoms with van der Waals surface area (Å²) in [6.07, 6.45) is 0.162. The first-order valence-corrected chi connectivity index (χ1v) is 10.2. The summed E-state index contributed by atoms with van der Waals surface area (Å²) in [5.74, 6) is -1.47. The Balaban J connectivity index is 1.24. The van der Waals surface area contributed by atoms with Crippen LogP contribution in [0.15, 0.2) is 42.5 Å². The third-order valence-electron chi connectivity index (χ3n) is 6.07. The average molecular weight is 411 g/mol. The highest BCUT2D eigenvalue weighted by atomic mass is 16.9. The number of hydrogen-bond donors (Lipinski definition) is 2. The molecule has 4 aliphatic rings. The van der Waals surface area contributed by atoms with E-state index in [4.69, 9.17) is 18.9 Å². The number of alkyl carbamates (subject to hydrolysis) is 1. The minimum absolute atomic E-state index is 0.134. The quantitative estimate of drug-likeness (QED) is 0.671. The maximum absolute atomic E-state index is 12.5. The highest BCUT2D eigenvalue weighted by molar-refractivity contribution is 5.78. The van der Waals surface area contributed by atoms with Crippen LogP contribution in [0.4, 0.5) is 4.79 Å². The lowest BCUT2D eigenvalue weighted by atomic mass is 9.91. The maximum atomic E-state index is 12.5. The van der Waals surface area contributed by atoms with E-state index < -0.39 is 24.7 Å². The fourth-order valence-corrected chi connectivity index (χ4v) is 4.31. The number of aliphatic hydroxyl groups excluding tert-OH is 1. The summed E-state index contributed by atoms with van der Waals surface area (Å²) < 4.78 is 22.6. The predicted molar refractivity (Wildman–Crippen MR) is 108 cm³/mol. The number of benzene rings is 2. The number of carbonyl (C=O) groups excluding carboxylic acids is 1. The SMILES string of the molecule is CC12COC(C(CO)NC(=O)OCc3cccc4c3Cc3ccccc3-4)(OC1)OC2. The molecule has 0 saturated carbocycles. The van der Waals surface area contributed by atoms with Crippen LogP contribution in [0.3, 0.4) is 0 Å². The molecule has 2 aromatic carbocycles. The van der Waals surface area contributed by atoms with Gasteiger partial charge < -0.3 is 29.4 Å². The van der Waals surface area contributed by atoms with Crippen molar-refractivity contribution in [1.29, 1.82) is 0 Å². The van der Waals surface area contributed by atoms with Gasteiger partial charge in [0.05, 0.1) is 26.4 Å². The van der Waals surface area contributed by atoms with Crippen LogP contribution in [-0.2, 0) is 32.0 Å². The summed E-state index contributed by atoms with van der Waals surface area (Å²) in [6.45, 7) is 3.06. The van der Waals surface area contributed by atoms with E-state index in [0.29, 0.717) is 19.8 Å². The second kappa shape index (κ2) is 7.35. The van der Waals surface area contributed by atoms with Gasteiger partial charge in [-0.2, -0.15) is 0 Å². The smallest absolute Gasteiger partial charge is 0.408 e. The third kappa shape index (κ3) is 3.28. The average Bonchev–Trinajstić information content (AvgIpc) is 3.16. The van der Waals surface area contributed by atoms with E-state index in [1.165, 1.54) is 22.3 Å². The first-order chi connectivity index (χ1) is 14.5. The Hall–Kier alpha value is -2.45. The van der Waals surface area contributed by atoms with Gasteiger partial charge in [0.1, 0.15) is 12.6 Å². The molecule has 3 heterocycles. The van der Waals surface area contributed by atoms with Gasteiger partial charge in [-0.3, -0.25) is 0 Å². The molecule has 1 atom stereocenters. The summed E-state index contributed by atoms with van der Waals surface area (Å²) in [7, 11) is 0. The van der Waals surface area contributed by atoms with Crippen molar-refractivity contribution >= 4 is 6.09 Å². The zero-order valence-corrected chi connectivity index (χ0v) is 16.8. The monoisotopic (exact) mass is 411 g/mol. The van der Waals surface area contributed by atoms with Gasteiger partial charge in [0.25, 0.3) is 0 Å². The molecule has 1 aliphatic carbocycles. The van der Waals surface area contributed by atoms with Gasteiger partial charge in [-0.25, -0.2) is 4.79 Å². The Kier molecular flexibility index (Phi) is 4.78. The molecule has 0 radical (unpaired) electrons. The van der Waals surface area contributed by atoms with E-state index in [2.05, 4.69) is 23.5 Å². The van der Waals surface area contributed by atoms with Crippen LogP contribution in [0, 0.1) is 5.41 Å². The number of fused-ring (bicyclic) bond motifs is 6. The van der Waals surface area contributed by atoms with Crippen LogP contribution in [0.1, 0.15) is 23.6 Å². The molecule has 3 saturated heterocycles. The van der Waals surface area contributed by atoms with Crippen LogP contribution in [-0.4, -0.2) is 49.6 Å². The van der Waals surface area contributed by atoms with Crippen molar-refractivity contribution in [2.75, 3.05) is 26.4 Å². The van der Waals surface area contributed by atoms with Crippen molar-refractivity contribution in [3.8, 4) is 11.1 Å². The van der Waals surface area contributed by atoms with Gasteiger partial charge in [0.2, 0.25) is 0 Å². The van der Waals surface area contributed by atoms with Gasteiger partial charge >= 0.3 is 12.1 Å². The van der Waals surface area contributed by atoms with E-state index in [9.17, 15) is 9.90 Å². The summed E-state index contributed by atoms with van der Waals surface area (Å²) >= 11 is 0. The molecule has 2 bridgehead atoms. The summed E-state index contributed by atoms with van der Waals surface area (Å²) in [5.41, 5.74) is 5.63. The summed E-state index contributed by atoms with van der Waals surface area (Å²) in [4.78, 5) is 12.5. The van der Waals surface area contributed by atoms with Crippen LogP contribution in [0.2, 0.25) is 0 Å². The highest BCUT2D eigenvalue weighted by Gasteiger charge is 2.55. The Morgan fingerprint density at radius 1 is 1.10 bits per heavy atom. The lowest BCUT2D eigenvalue weighted by molar-refractivity contribution is -0.474. The molecule has 7 nitrogen and oxygen atoms in total. The molecule has 7 heteroatoms. The maximum Gasteiger partial charge on any atom is 0.408 e. The molecule has 1 amide bonds. The number of carbonyl (C=O) groups is 1. The molecular formula is C23H25NO6. The normalized spacial score (nSPS) is 27.3. The van der Waals surface area contributed by atoms with E-state index in [1.54, 1.807) is 0 Å². The summed E-state index contributed by atoms with van der Waals surface area (Å²) in [5, 5.41) is 12.4. The molecule has 30 heavy (non-hydrogen) atoms. The van der Waals surface area contributed by atoms with Crippen molar-refractivity contribution in [1.82, 2.24) is 5.32 Å². The molecule has 1 unspecified atom stereocenters. The van der Waals surface area contributed by atoms with Crippen molar-refractivity contribution in [3.63, 3.8) is 0 Å². The first kappa shape index (κ1) is 19.5. The molecule has 0 aromatic heterocycles. The van der Waals surface area contributed by atoms with Crippen LogP contribution < -0.4 is 5.32 Å². The lowest BCUT2D eigenvalue weighted by Crippen LogP contribution is -2.68. The molecule has 3 aliphatic heterocycles. The number of amides is 1. The molecule has 3 fully saturated rings. The second-order valence-corrected chi connectivity index (χ2v) is 8.51. The van der Waals surface area contributed by atoms with Gasteiger partial charge in [0.15, 0.2) is 0 Å². The molecule has 6 rings (SSSR count). The topological polar surface area (TPSA) is 86.3 Å². The Bertz CT molecular complexity index is 949. The Labute approximate surface area is 174 Å². The summed E-state index contributed by atoms with van der Waals surface area (Å²) in [6, 6.07) is 13.5. The lowest BCUT2D eigenvalue weighted by Gasteiger charge is -2.52. The number of rotatable bonds is 5. The first-order valence-electron chi connectivity index (χ1n) is 10.2. The Morgan fingerprint density at radius 3 is 2.53 bits per heavy atom. The largest absolute Gasteiger partial charge is 0.445 e. The van der Waals surface area contributed by atoms with Gasteiger partial charge in [-0.1, -0.05) is 49.4 Å². The minimum Gasteiger partial charge on any atom is -0.445 e. The number of ether oxygens (including phenoxy) is 4. The predicted octanol–water partition coefficient (Wildman–Crippen LogP) is 2.58. The van der Waals surface area contributed by atoms with Crippen molar-refractivity contribution in [2.45, 2.75) is 32.0 Å². The zero-order valence-electron chi connectivity index (χ0n) is 16.8. The van der Waals surface area contributed by atoms with Crippen molar-refractivity contribution in [3.05, 3.63) is 59.2 Å². The van der Waals surface area contributed by atoms with Gasteiger partial charge in [-0.05, 0) is 34.2 Å². The number of aliphatic hydroxyl groups is 1. The van der Waals surface area contributed by atoms with E-state index >= 15 is 0 Å². The van der Waals surface area contributed by atoms with Gasteiger partial charge in [0, 0.05) is 5.41 Å². The molecular weight excluding hydrogens is 386 g/mol. The van der Waals surface area contributed by atoms with Crippen LogP contribution in [0.25, 0.3) is 11.1 Å². The second-order valence-electron chi connectivity index (χ2n) is 8.51. The van der Waals surface area contributed by atoms with E-state index in [1.807, 2.05) is 31.2 Å². The number of hydrogen-bond acceptors (Lipinski definition) is 6. The fraction of sp³-hybridized carbons (Fsp3) is 0.435. The van der Waals surface area contributed by atoms with E-state index in [-0.39, 0.29) is 12.0 Å². The van der Waals surface area contributed by atoms with Crippen molar-refractivity contribution in [2.24, 2.45) is 5.41 Å². The van der Waals surface area contributed by atoms with E-state index in [0.717, 1.165) is 12.0 Å². The number of nitrogens with one attached hydrogen (secondary N) is 1. The standard InChI is InChI=1S/C23H25NO6/c1-22-12-28-23(29-13-22,30-14-22)20(10-25)24-21(26)27-11-16-6-4-8-18-17-7-3-2-5-15(17)9-19(16)18/h2-8,20,25H,9-14H2,1H3,(H,24,26). The fourth-order valence-electron chi connectivity index (χ4n) is 4.31. The van der Waals surface area contributed by atoms with Gasteiger partial charge in [-0.15, -0.1) is 0 Å². The Morgan fingerprint density at radius 2 is 1.80 bits per heavy atom.